The van der Waals surface area contributed by atoms with Gasteiger partial charge >= 0.3 is 5.97 Å². The fourth-order valence-corrected chi connectivity index (χ4v) is 3.23. The highest BCUT2D eigenvalue weighted by Gasteiger charge is 2.39. The molecule has 1 fully saturated rings. The average molecular weight is 230 g/mol. The zero-order chi connectivity index (χ0) is 12.0. The van der Waals surface area contributed by atoms with Gasteiger partial charge in [0.15, 0.2) is 0 Å². The van der Waals surface area contributed by atoms with Gasteiger partial charge in [0.2, 0.25) is 0 Å². The summed E-state index contributed by atoms with van der Waals surface area (Å²) in [6, 6.07) is 6.30. The molecule has 90 valence electrons. The van der Waals surface area contributed by atoms with E-state index < -0.39 is 5.97 Å². The van der Waals surface area contributed by atoms with E-state index in [1.165, 1.54) is 24.0 Å². The molecule has 0 spiro atoms. The van der Waals surface area contributed by atoms with E-state index in [4.69, 9.17) is 0 Å². The van der Waals surface area contributed by atoms with Crippen molar-refractivity contribution in [2.45, 2.75) is 44.4 Å². The monoisotopic (exact) mass is 230 g/mol. The van der Waals surface area contributed by atoms with E-state index in [9.17, 15) is 9.90 Å². The topological polar surface area (TPSA) is 37.3 Å². The molecule has 1 aromatic rings. The zero-order valence-corrected chi connectivity index (χ0v) is 10.1. The minimum absolute atomic E-state index is 0.277. The smallest absolute Gasteiger partial charge is 0.310 e. The molecule has 0 amide bonds. The summed E-state index contributed by atoms with van der Waals surface area (Å²) in [6.45, 7) is 2.09. The molecule has 0 radical (unpaired) electrons. The minimum Gasteiger partial charge on any atom is -0.481 e. The third-order valence-electron chi connectivity index (χ3n) is 4.27. The molecule has 3 rings (SSSR count). The number of fused-ring (bicyclic) bond motifs is 1. The lowest BCUT2D eigenvalue weighted by atomic mass is 9.74. The molecule has 0 aliphatic heterocycles. The van der Waals surface area contributed by atoms with Crippen molar-refractivity contribution in [2.75, 3.05) is 0 Å². The van der Waals surface area contributed by atoms with Gasteiger partial charge in [0.1, 0.15) is 0 Å². The summed E-state index contributed by atoms with van der Waals surface area (Å²) in [4.78, 5) is 11.3. The summed E-state index contributed by atoms with van der Waals surface area (Å²) >= 11 is 0. The Bertz CT molecular complexity index is 460. The summed E-state index contributed by atoms with van der Waals surface area (Å²) in [5, 5.41) is 9.29. The van der Waals surface area contributed by atoms with Crippen LogP contribution in [0.15, 0.2) is 18.2 Å². The largest absolute Gasteiger partial charge is 0.481 e. The molecule has 0 bridgehead atoms. The first-order valence-corrected chi connectivity index (χ1v) is 6.50. The van der Waals surface area contributed by atoms with Crippen LogP contribution in [0.1, 0.15) is 54.2 Å². The van der Waals surface area contributed by atoms with Gasteiger partial charge in [0, 0.05) is 0 Å². The highest BCUT2D eigenvalue weighted by molar-refractivity contribution is 5.77. The maximum Gasteiger partial charge on any atom is 0.310 e. The molecule has 0 heterocycles. The van der Waals surface area contributed by atoms with Crippen LogP contribution in [0.5, 0.6) is 0 Å². The Morgan fingerprint density at radius 3 is 2.59 bits per heavy atom. The van der Waals surface area contributed by atoms with Crippen molar-refractivity contribution in [3.8, 4) is 0 Å². The van der Waals surface area contributed by atoms with Crippen LogP contribution in [0.4, 0.5) is 0 Å². The minimum atomic E-state index is -0.663. The van der Waals surface area contributed by atoms with Gasteiger partial charge in [0.25, 0.3) is 0 Å². The van der Waals surface area contributed by atoms with Crippen LogP contribution >= 0.6 is 0 Å². The predicted octanol–water partition coefficient (Wildman–Crippen LogP) is 3.45. The molecule has 2 aliphatic rings. The molecule has 0 saturated heterocycles. The Labute approximate surface area is 102 Å². The van der Waals surface area contributed by atoms with E-state index in [0.29, 0.717) is 5.92 Å². The first-order chi connectivity index (χ1) is 8.16. The fraction of sp³-hybridized carbons (Fsp3) is 0.533. The van der Waals surface area contributed by atoms with Gasteiger partial charge in [-0.15, -0.1) is 0 Å². The summed E-state index contributed by atoms with van der Waals surface area (Å²) in [7, 11) is 0. The van der Waals surface area contributed by atoms with Crippen LogP contribution in [0.25, 0.3) is 0 Å². The Morgan fingerprint density at radius 1 is 1.18 bits per heavy atom. The molecule has 0 aromatic heterocycles. The lowest BCUT2D eigenvalue weighted by Crippen LogP contribution is -2.21. The van der Waals surface area contributed by atoms with Gasteiger partial charge in [-0.3, -0.25) is 4.79 Å². The van der Waals surface area contributed by atoms with Crippen molar-refractivity contribution in [3.05, 3.63) is 34.9 Å². The number of carboxylic acids is 1. The van der Waals surface area contributed by atoms with Crippen molar-refractivity contribution in [3.63, 3.8) is 0 Å². The molecule has 2 atom stereocenters. The molecule has 1 aromatic carbocycles. The maximum atomic E-state index is 11.3. The second kappa shape index (κ2) is 3.86. The lowest BCUT2D eigenvalue weighted by molar-refractivity contribution is -0.139. The predicted molar refractivity (Wildman–Crippen MR) is 66.3 cm³/mol. The average Bonchev–Trinajstić information content (AvgIpc) is 3.11. The van der Waals surface area contributed by atoms with Crippen molar-refractivity contribution < 1.29 is 9.90 Å². The van der Waals surface area contributed by atoms with Crippen LogP contribution in [-0.2, 0) is 4.79 Å². The van der Waals surface area contributed by atoms with Crippen molar-refractivity contribution in [2.24, 2.45) is 5.92 Å². The standard InChI is InChI=1S/C15H18O2/c1-9-2-5-12-13(15(16)17)7-6-11(10-3-4-10)14(12)8-9/h2,5,8,10-11,13H,3-4,6-7H2,1H3,(H,16,17). The molecule has 17 heavy (non-hydrogen) atoms. The van der Waals surface area contributed by atoms with Gasteiger partial charge in [0.05, 0.1) is 5.92 Å². The van der Waals surface area contributed by atoms with Gasteiger partial charge in [-0.2, -0.15) is 0 Å². The number of aryl methyl sites for hydroxylation is 1. The summed E-state index contributed by atoms with van der Waals surface area (Å²) in [5.74, 6) is 0.510. The number of hydrogen-bond acceptors (Lipinski definition) is 1. The third kappa shape index (κ3) is 1.86. The number of rotatable bonds is 2. The lowest BCUT2D eigenvalue weighted by Gasteiger charge is -2.30. The van der Waals surface area contributed by atoms with E-state index in [-0.39, 0.29) is 5.92 Å². The molecule has 2 heteroatoms. The maximum absolute atomic E-state index is 11.3. The van der Waals surface area contributed by atoms with Crippen molar-refractivity contribution >= 4 is 5.97 Å². The quantitative estimate of drug-likeness (QED) is 0.844. The Hall–Kier alpha value is -1.31. The van der Waals surface area contributed by atoms with E-state index in [1.54, 1.807) is 0 Å². The molecular weight excluding hydrogens is 212 g/mol. The number of aliphatic carboxylic acids is 1. The molecule has 1 N–H and O–H groups in total. The number of hydrogen-bond donors (Lipinski definition) is 1. The van der Waals surface area contributed by atoms with Crippen LogP contribution < -0.4 is 0 Å². The molecule has 1 saturated carbocycles. The zero-order valence-electron chi connectivity index (χ0n) is 10.1. The van der Waals surface area contributed by atoms with Crippen LogP contribution in [0.2, 0.25) is 0 Å². The SMILES string of the molecule is Cc1ccc2c(c1)C(C1CC1)CCC2C(=O)O. The number of carboxylic acid groups (broad SMARTS) is 1. The Kier molecular flexibility index (Phi) is 2.46. The van der Waals surface area contributed by atoms with Crippen molar-refractivity contribution in [1.82, 2.24) is 0 Å². The van der Waals surface area contributed by atoms with Gasteiger partial charge in [-0.05, 0) is 55.6 Å². The van der Waals surface area contributed by atoms with Crippen LogP contribution in [-0.4, -0.2) is 11.1 Å². The van der Waals surface area contributed by atoms with Gasteiger partial charge in [-0.1, -0.05) is 23.8 Å². The third-order valence-corrected chi connectivity index (χ3v) is 4.27. The second-order valence-corrected chi connectivity index (χ2v) is 5.54. The first-order valence-electron chi connectivity index (χ1n) is 6.50. The van der Waals surface area contributed by atoms with Gasteiger partial charge in [-0.25, -0.2) is 0 Å². The van der Waals surface area contributed by atoms with E-state index >= 15 is 0 Å². The number of carbonyl (C=O) groups is 1. The Morgan fingerprint density at radius 2 is 1.94 bits per heavy atom. The van der Waals surface area contributed by atoms with E-state index in [0.717, 1.165) is 24.3 Å². The first kappa shape index (κ1) is 10.8. The normalized spacial score (nSPS) is 27.6. The summed E-state index contributed by atoms with van der Waals surface area (Å²) in [5.41, 5.74) is 3.65. The molecule has 2 aliphatic carbocycles. The Balaban J connectivity index is 2.05. The molecule has 2 nitrogen and oxygen atoms in total. The van der Waals surface area contributed by atoms with Crippen LogP contribution in [0.3, 0.4) is 0 Å². The molecular formula is C15H18O2. The van der Waals surface area contributed by atoms with Crippen molar-refractivity contribution in [1.29, 1.82) is 0 Å². The second-order valence-electron chi connectivity index (χ2n) is 5.54. The highest BCUT2D eigenvalue weighted by atomic mass is 16.4. The van der Waals surface area contributed by atoms with E-state index in [2.05, 4.69) is 13.0 Å². The summed E-state index contributed by atoms with van der Waals surface area (Å²) < 4.78 is 0. The van der Waals surface area contributed by atoms with Gasteiger partial charge < -0.3 is 5.11 Å². The number of benzene rings is 1. The van der Waals surface area contributed by atoms with E-state index in [1.807, 2.05) is 12.1 Å². The fourth-order valence-electron chi connectivity index (χ4n) is 3.23. The highest BCUT2D eigenvalue weighted by Crippen LogP contribution is 2.50. The van der Waals surface area contributed by atoms with Crippen LogP contribution in [0, 0.1) is 12.8 Å². The molecule has 2 unspecified atom stereocenters. The summed E-state index contributed by atoms with van der Waals surface area (Å²) in [6.07, 6.45) is 4.52.